The van der Waals surface area contributed by atoms with Crippen LogP contribution in [-0.4, -0.2) is 29.2 Å². The molecule has 4 heteroatoms. The number of likely N-dealkylation sites (N-methyl/N-ethyl adjacent to an activating group) is 1. The average molecular weight is 248 g/mol. The van der Waals surface area contributed by atoms with E-state index in [1.54, 1.807) is 11.3 Å². The van der Waals surface area contributed by atoms with Gasteiger partial charge in [0.25, 0.3) is 0 Å². The minimum atomic E-state index is -0.222. The van der Waals surface area contributed by atoms with Crippen molar-refractivity contribution in [3.63, 3.8) is 0 Å². The second-order valence-electron chi connectivity index (χ2n) is 3.60. The standard InChI is InChI=1S/C11H18ClNOS/c1-3-9(14)7-13(4-2)8-10-5-6-11(12)15-10/h5-6,9,14H,3-4,7-8H2,1-2H3. The van der Waals surface area contributed by atoms with Crippen molar-refractivity contribution in [3.05, 3.63) is 21.3 Å². The van der Waals surface area contributed by atoms with Gasteiger partial charge in [0.05, 0.1) is 10.4 Å². The predicted octanol–water partition coefficient (Wildman–Crippen LogP) is 2.99. The molecular weight excluding hydrogens is 230 g/mol. The van der Waals surface area contributed by atoms with Crippen LogP contribution in [0.25, 0.3) is 0 Å². The van der Waals surface area contributed by atoms with Crippen molar-refractivity contribution in [1.29, 1.82) is 0 Å². The molecule has 0 aliphatic rings. The summed E-state index contributed by atoms with van der Waals surface area (Å²) in [5.41, 5.74) is 0. The fraction of sp³-hybridized carbons (Fsp3) is 0.636. The number of hydrogen-bond donors (Lipinski definition) is 1. The number of halogens is 1. The zero-order valence-corrected chi connectivity index (χ0v) is 10.8. The van der Waals surface area contributed by atoms with Gasteiger partial charge in [0.2, 0.25) is 0 Å². The third kappa shape index (κ3) is 4.51. The van der Waals surface area contributed by atoms with Gasteiger partial charge in [-0.3, -0.25) is 4.90 Å². The molecule has 0 saturated heterocycles. The summed E-state index contributed by atoms with van der Waals surface area (Å²) in [6.45, 7) is 6.68. The van der Waals surface area contributed by atoms with Crippen LogP contribution in [-0.2, 0) is 6.54 Å². The fourth-order valence-electron chi connectivity index (χ4n) is 1.39. The maximum Gasteiger partial charge on any atom is 0.0931 e. The van der Waals surface area contributed by atoms with E-state index in [2.05, 4.69) is 11.8 Å². The van der Waals surface area contributed by atoms with Crippen LogP contribution in [0.5, 0.6) is 0 Å². The van der Waals surface area contributed by atoms with Crippen LogP contribution in [0.1, 0.15) is 25.1 Å². The smallest absolute Gasteiger partial charge is 0.0931 e. The second kappa shape index (κ2) is 6.48. The quantitative estimate of drug-likeness (QED) is 0.836. The van der Waals surface area contributed by atoms with Crippen molar-refractivity contribution in [2.75, 3.05) is 13.1 Å². The van der Waals surface area contributed by atoms with Crippen molar-refractivity contribution in [2.45, 2.75) is 32.9 Å². The van der Waals surface area contributed by atoms with Gasteiger partial charge in [-0.05, 0) is 25.1 Å². The molecule has 0 amide bonds. The Kier molecular flexibility index (Phi) is 5.61. The van der Waals surface area contributed by atoms with Crippen molar-refractivity contribution in [2.24, 2.45) is 0 Å². The maximum absolute atomic E-state index is 9.58. The van der Waals surface area contributed by atoms with E-state index >= 15 is 0 Å². The molecule has 1 unspecified atom stereocenters. The summed E-state index contributed by atoms with van der Waals surface area (Å²) in [5, 5.41) is 9.58. The predicted molar refractivity (Wildman–Crippen MR) is 66.6 cm³/mol. The molecule has 0 bridgehead atoms. The Balaban J connectivity index is 2.46. The molecule has 0 aromatic carbocycles. The highest BCUT2D eigenvalue weighted by molar-refractivity contribution is 7.16. The molecule has 1 aromatic rings. The Labute approximate surface area is 100 Å². The normalized spacial score (nSPS) is 13.4. The van der Waals surface area contributed by atoms with Gasteiger partial charge in [0.1, 0.15) is 0 Å². The lowest BCUT2D eigenvalue weighted by molar-refractivity contribution is 0.109. The van der Waals surface area contributed by atoms with E-state index in [1.807, 2.05) is 19.1 Å². The van der Waals surface area contributed by atoms with Crippen LogP contribution in [0, 0.1) is 0 Å². The number of hydrogen-bond acceptors (Lipinski definition) is 3. The van der Waals surface area contributed by atoms with E-state index < -0.39 is 0 Å². The first-order chi connectivity index (χ1) is 7.15. The Morgan fingerprint density at radius 1 is 1.47 bits per heavy atom. The van der Waals surface area contributed by atoms with Gasteiger partial charge in [-0.1, -0.05) is 25.4 Å². The van der Waals surface area contributed by atoms with E-state index in [9.17, 15) is 5.11 Å². The third-order valence-corrected chi connectivity index (χ3v) is 3.61. The van der Waals surface area contributed by atoms with E-state index in [-0.39, 0.29) is 6.10 Å². The number of thiophene rings is 1. The number of nitrogens with zero attached hydrogens (tertiary/aromatic N) is 1. The van der Waals surface area contributed by atoms with Crippen molar-refractivity contribution in [3.8, 4) is 0 Å². The van der Waals surface area contributed by atoms with Crippen LogP contribution < -0.4 is 0 Å². The van der Waals surface area contributed by atoms with Gasteiger partial charge in [0.15, 0.2) is 0 Å². The molecule has 15 heavy (non-hydrogen) atoms. The Morgan fingerprint density at radius 2 is 2.20 bits per heavy atom. The molecular formula is C11H18ClNOS. The number of aliphatic hydroxyl groups excluding tert-OH is 1. The molecule has 0 saturated carbocycles. The highest BCUT2D eigenvalue weighted by Gasteiger charge is 2.10. The lowest BCUT2D eigenvalue weighted by Gasteiger charge is -2.22. The molecule has 1 rings (SSSR count). The zero-order chi connectivity index (χ0) is 11.3. The van der Waals surface area contributed by atoms with Crippen LogP contribution in [0.3, 0.4) is 0 Å². The molecule has 0 fully saturated rings. The minimum absolute atomic E-state index is 0.222. The lowest BCUT2D eigenvalue weighted by atomic mass is 10.2. The summed E-state index contributed by atoms with van der Waals surface area (Å²) in [6, 6.07) is 3.97. The molecule has 86 valence electrons. The maximum atomic E-state index is 9.58. The topological polar surface area (TPSA) is 23.5 Å². The van der Waals surface area contributed by atoms with E-state index in [0.29, 0.717) is 0 Å². The monoisotopic (exact) mass is 247 g/mol. The Hall–Kier alpha value is -0.0900. The van der Waals surface area contributed by atoms with Crippen LogP contribution in [0.2, 0.25) is 4.34 Å². The SMILES string of the molecule is CCC(O)CN(CC)Cc1ccc(Cl)s1. The lowest BCUT2D eigenvalue weighted by Crippen LogP contribution is -2.31. The summed E-state index contributed by atoms with van der Waals surface area (Å²) in [6.07, 6.45) is 0.585. The highest BCUT2D eigenvalue weighted by Crippen LogP contribution is 2.22. The van der Waals surface area contributed by atoms with Gasteiger partial charge >= 0.3 is 0 Å². The van der Waals surface area contributed by atoms with Gasteiger partial charge < -0.3 is 5.11 Å². The van der Waals surface area contributed by atoms with E-state index in [4.69, 9.17) is 11.6 Å². The Morgan fingerprint density at radius 3 is 2.67 bits per heavy atom. The Bertz CT molecular complexity index is 290. The van der Waals surface area contributed by atoms with Gasteiger partial charge in [-0.2, -0.15) is 0 Å². The van der Waals surface area contributed by atoms with Gasteiger partial charge in [0, 0.05) is 18.0 Å². The summed E-state index contributed by atoms with van der Waals surface area (Å²) in [5.74, 6) is 0. The molecule has 1 N–H and O–H groups in total. The van der Waals surface area contributed by atoms with Crippen LogP contribution in [0.15, 0.2) is 12.1 Å². The zero-order valence-electron chi connectivity index (χ0n) is 9.24. The molecule has 0 radical (unpaired) electrons. The third-order valence-electron chi connectivity index (χ3n) is 2.40. The minimum Gasteiger partial charge on any atom is -0.392 e. The molecule has 2 nitrogen and oxygen atoms in total. The second-order valence-corrected chi connectivity index (χ2v) is 5.40. The molecule has 0 spiro atoms. The van der Waals surface area contributed by atoms with Crippen LogP contribution in [0.4, 0.5) is 0 Å². The summed E-state index contributed by atoms with van der Waals surface area (Å²) in [7, 11) is 0. The summed E-state index contributed by atoms with van der Waals surface area (Å²) < 4.78 is 0.831. The summed E-state index contributed by atoms with van der Waals surface area (Å²) >= 11 is 7.48. The fourth-order valence-corrected chi connectivity index (χ4v) is 2.52. The van der Waals surface area contributed by atoms with Crippen molar-refractivity contribution in [1.82, 2.24) is 4.90 Å². The largest absolute Gasteiger partial charge is 0.392 e. The molecule has 1 heterocycles. The molecule has 0 aliphatic heterocycles. The van der Waals surface area contributed by atoms with Gasteiger partial charge in [-0.15, -0.1) is 11.3 Å². The first-order valence-corrected chi connectivity index (χ1v) is 6.49. The van der Waals surface area contributed by atoms with E-state index in [0.717, 1.165) is 30.4 Å². The number of aliphatic hydroxyl groups is 1. The van der Waals surface area contributed by atoms with E-state index in [1.165, 1.54) is 4.88 Å². The van der Waals surface area contributed by atoms with Crippen LogP contribution >= 0.6 is 22.9 Å². The average Bonchev–Trinajstić information content (AvgIpc) is 2.62. The molecule has 0 aliphatic carbocycles. The van der Waals surface area contributed by atoms with Gasteiger partial charge in [-0.25, -0.2) is 0 Å². The first kappa shape index (κ1) is 13.0. The highest BCUT2D eigenvalue weighted by atomic mass is 35.5. The van der Waals surface area contributed by atoms with Crippen molar-refractivity contribution >= 4 is 22.9 Å². The molecule has 1 atom stereocenters. The summed E-state index contributed by atoms with van der Waals surface area (Å²) in [4.78, 5) is 3.49. The first-order valence-electron chi connectivity index (χ1n) is 5.30. The van der Waals surface area contributed by atoms with Crippen molar-refractivity contribution < 1.29 is 5.11 Å². The molecule has 1 aromatic heterocycles. The number of rotatable bonds is 6.